The number of hydrogen-bond acceptors (Lipinski definition) is 4. The summed E-state index contributed by atoms with van der Waals surface area (Å²) in [6.07, 6.45) is -7.99. The molecule has 0 N–H and O–H groups in total. The van der Waals surface area contributed by atoms with Gasteiger partial charge in [0.2, 0.25) is 0 Å². The maximum atomic E-state index is 13.8. The Hall–Kier alpha value is -3.60. The summed E-state index contributed by atoms with van der Waals surface area (Å²) in [4.78, 5) is 14.6. The minimum Gasteiger partial charge on any atom is -0.496 e. The van der Waals surface area contributed by atoms with Crippen molar-refractivity contribution < 1.29 is 45.3 Å². The van der Waals surface area contributed by atoms with Crippen molar-refractivity contribution in [2.45, 2.75) is 64.0 Å². The van der Waals surface area contributed by atoms with Gasteiger partial charge in [0.05, 0.1) is 25.8 Å². The summed E-state index contributed by atoms with van der Waals surface area (Å²) >= 11 is 6.30. The molecular weight excluding hydrogens is 636 g/mol. The van der Waals surface area contributed by atoms with Crippen LogP contribution in [0, 0.1) is 11.8 Å². The van der Waals surface area contributed by atoms with Gasteiger partial charge in [-0.3, -0.25) is 4.90 Å². The number of alkyl halides is 6. The summed E-state index contributed by atoms with van der Waals surface area (Å²) < 4.78 is 99.4. The van der Waals surface area contributed by atoms with Crippen molar-refractivity contribution in [1.29, 1.82) is 0 Å². The van der Waals surface area contributed by atoms with Crippen molar-refractivity contribution in [3.8, 4) is 22.6 Å². The smallest absolute Gasteiger partial charge is 0.416 e. The molecule has 1 saturated heterocycles. The molecule has 2 aliphatic carbocycles. The molecule has 0 aromatic heterocycles. The Labute approximate surface area is 268 Å². The largest absolute Gasteiger partial charge is 0.496 e. The fraction of sp³-hybridized carbons (Fsp3) is 0.441. The van der Waals surface area contributed by atoms with Crippen LogP contribution in [0.3, 0.4) is 0 Å². The van der Waals surface area contributed by atoms with Crippen LogP contribution in [-0.4, -0.2) is 56.3 Å². The molecule has 1 heterocycles. The van der Waals surface area contributed by atoms with Crippen molar-refractivity contribution in [3.63, 3.8) is 0 Å². The lowest BCUT2D eigenvalue weighted by atomic mass is 9.76. The van der Waals surface area contributed by atoms with Crippen molar-refractivity contribution in [3.05, 3.63) is 75.9 Å². The van der Waals surface area contributed by atoms with Crippen LogP contribution in [0.15, 0.2) is 65.3 Å². The zero-order chi connectivity index (χ0) is 33.6. The third-order valence-corrected chi connectivity index (χ3v) is 9.40. The Bertz CT molecular complexity index is 1590. The zero-order valence-electron chi connectivity index (χ0n) is 25.7. The molecular formula is C34H34ClF6NO4. The van der Waals surface area contributed by atoms with Gasteiger partial charge >= 0.3 is 18.4 Å². The highest BCUT2D eigenvalue weighted by Gasteiger charge is 2.51. The Morgan fingerprint density at radius 1 is 0.913 bits per heavy atom. The predicted molar refractivity (Wildman–Crippen MR) is 163 cm³/mol. The molecule has 248 valence electrons. The maximum absolute atomic E-state index is 13.8. The molecule has 5 nitrogen and oxygen atoms in total. The van der Waals surface area contributed by atoms with Crippen molar-refractivity contribution in [2.75, 3.05) is 20.8 Å². The van der Waals surface area contributed by atoms with Crippen LogP contribution in [0.4, 0.5) is 31.1 Å². The number of cyclic esters (lactones) is 1. The number of carbonyl (C=O) groups excluding carboxylic acids is 1. The van der Waals surface area contributed by atoms with Gasteiger partial charge in [-0.1, -0.05) is 30.7 Å². The molecule has 0 bridgehead atoms. The molecule has 4 atom stereocenters. The molecule has 1 amide bonds. The molecule has 5 rings (SSSR count). The van der Waals surface area contributed by atoms with E-state index in [1.165, 1.54) is 11.8 Å². The third kappa shape index (κ3) is 6.61. The molecule has 0 radical (unpaired) electrons. The van der Waals surface area contributed by atoms with Gasteiger partial charge in [0.25, 0.3) is 0 Å². The van der Waals surface area contributed by atoms with Gasteiger partial charge in [-0.05, 0) is 91.6 Å². The van der Waals surface area contributed by atoms with Crippen LogP contribution in [0.1, 0.15) is 45.1 Å². The molecule has 4 unspecified atom stereocenters. The molecule has 3 aliphatic rings. The number of carbonyl (C=O) groups is 1. The van der Waals surface area contributed by atoms with Crippen molar-refractivity contribution >= 4 is 23.3 Å². The maximum Gasteiger partial charge on any atom is 0.416 e. The van der Waals surface area contributed by atoms with Gasteiger partial charge < -0.3 is 14.2 Å². The van der Waals surface area contributed by atoms with Gasteiger partial charge in [0, 0.05) is 34.2 Å². The third-order valence-electron chi connectivity index (χ3n) is 9.16. The number of nitrogens with zero attached hydrogens (tertiary/aromatic N) is 1. The van der Waals surface area contributed by atoms with Crippen LogP contribution in [0.25, 0.3) is 16.7 Å². The predicted octanol–water partition coefficient (Wildman–Crippen LogP) is 9.80. The van der Waals surface area contributed by atoms with E-state index >= 15 is 0 Å². The number of rotatable bonds is 7. The van der Waals surface area contributed by atoms with E-state index in [0.29, 0.717) is 29.4 Å². The van der Waals surface area contributed by atoms with Gasteiger partial charge in [-0.15, -0.1) is 0 Å². The molecule has 2 aromatic rings. The number of allylic oxidation sites excluding steroid dienone is 4. The summed E-state index contributed by atoms with van der Waals surface area (Å²) in [5.74, 6) is -1.44. The standard InChI is InChI=1S/C34H34ClF6NO4/c1-18-25(14-22(33(36,37)38)15-28(18)34(39,40)41)31-19(2)42(32(43)46-31)17-21-7-5-6-8-24(21)27-13-20(9-11-30(27)45-4)26-16-23(35)10-12-29(26)44-3/h9-16,18-19,25,31H,5-8,17H2,1-4H3. The highest BCUT2D eigenvalue weighted by molar-refractivity contribution is 6.31. The first-order chi connectivity index (χ1) is 21.6. The van der Waals surface area contributed by atoms with E-state index in [2.05, 4.69) is 0 Å². The Balaban J connectivity index is 1.50. The summed E-state index contributed by atoms with van der Waals surface area (Å²) in [6.45, 7) is 2.93. The van der Waals surface area contributed by atoms with Crippen LogP contribution < -0.4 is 9.47 Å². The van der Waals surface area contributed by atoms with Gasteiger partial charge in [-0.25, -0.2) is 4.79 Å². The van der Waals surface area contributed by atoms with Crippen LogP contribution in [0.2, 0.25) is 5.02 Å². The second-order valence-corrected chi connectivity index (χ2v) is 12.3. The topological polar surface area (TPSA) is 48.0 Å². The van der Waals surface area contributed by atoms with E-state index in [9.17, 15) is 31.1 Å². The molecule has 46 heavy (non-hydrogen) atoms. The second-order valence-electron chi connectivity index (χ2n) is 11.8. The van der Waals surface area contributed by atoms with Gasteiger partial charge in [-0.2, -0.15) is 26.3 Å². The summed E-state index contributed by atoms with van der Waals surface area (Å²) in [7, 11) is 3.13. The van der Waals surface area contributed by atoms with Crippen LogP contribution in [-0.2, 0) is 4.74 Å². The van der Waals surface area contributed by atoms with Gasteiger partial charge in [0.15, 0.2) is 0 Å². The lowest BCUT2D eigenvalue weighted by Crippen LogP contribution is -2.42. The second kappa shape index (κ2) is 12.9. The minimum atomic E-state index is -5.00. The lowest BCUT2D eigenvalue weighted by molar-refractivity contribution is -0.107. The lowest BCUT2D eigenvalue weighted by Gasteiger charge is -2.35. The molecule has 1 aliphatic heterocycles. The highest BCUT2D eigenvalue weighted by Crippen LogP contribution is 2.47. The first-order valence-electron chi connectivity index (χ1n) is 14.9. The molecule has 12 heteroatoms. The SMILES string of the molecule is COc1ccc(-c2cc(Cl)ccc2OC)cc1C1=C(CN2C(=O)OC(C3C=C(C(F)(F)F)C=C(C(F)(F)F)C3C)C2C)CCCC1. The number of methoxy groups -OCH3 is 2. The number of amides is 1. The van der Waals surface area contributed by atoms with E-state index in [1.54, 1.807) is 39.3 Å². The highest BCUT2D eigenvalue weighted by atomic mass is 35.5. The Morgan fingerprint density at radius 3 is 2.22 bits per heavy atom. The van der Waals surface area contributed by atoms with E-state index in [1.807, 2.05) is 18.2 Å². The first-order valence-corrected chi connectivity index (χ1v) is 15.3. The van der Waals surface area contributed by atoms with E-state index < -0.39 is 53.6 Å². The fourth-order valence-electron chi connectivity index (χ4n) is 6.73. The number of ether oxygens (including phenoxy) is 3. The van der Waals surface area contributed by atoms with Crippen molar-refractivity contribution in [1.82, 2.24) is 4.90 Å². The van der Waals surface area contributed by atoms with Crippen molar-refractivity contribution in [2.24, 2.45) is 11.8 Å². The first kappa shape index (κ1) is 33.8. The molecule has 1 fully saturated rings. The van der Waals surface area contributed by atoms with Crippen LogP contribution in [0.5, 0.6) is 11.5 Å². The number of halogens is 7. The van der Waals surface area contributed by atoms with E-state index in [0.717, 1.165) is 46.8 Å². The molecule has 0 spiro atoms. The zero-order valence-corrected chi connectivity index (χ0v) is 26.4. The molecule has 2 aromatic carbocycles. The normalized spacial score (nSPS) is 24.1. The van der Waals surface area contributed by atoms with Crippen LogP contribution >= 0.6 is 11.6 Å². The molecule has 0 saturated carbocycles. The minimum absolute atomic E-state index is 0.110. The summed E-state index contributed by atoms with van der Waals surface area (Å²) in [5.41, 5.74) is 1.60. The summed E-state index contributed by atoms with van der Waals surface area (Å²) in [6, 6.07) is 10.2. The summed E-state index contributed by atoms with van der Waals surface area (Å²) in [5, 5.41) is 0.532. The quantitative estimate of drug-likeness (QED) is 0.276. The average molecular weight is 670 g/mol. The average Bonchev–Trinajstić information content (AvgIpc) is 3.28. The number of hydrogen-bond donors (Lipinski definition) is 0. The monoisotopic (exact) mass is 669 g/mol. The van der Waals surface area contributed by atoms with E-state index in [4.69, 9.17) is 25.8 Å². The Morgan fingerprint density at radius 2 is 1.57 bits per heavy atom. The Kier molecular flexibility index (Phi) is 9.46. The fourth-order valence-corrected chi connectivity index (χ4v) is 6.90. The van der Waals surface area contributed by atoms with Gasteiger partial charge in [0.1, 0.15) is 17.6 Å². The van der Waals surface area contributed by atoms with E-state index in [-0.39, 0.29) is 12.6 Å². The number of benzene rings is 2.